The molecule has 0 aliphatic carbocycles. The molecule has 0 atom stereocenters. The predicted octanol–water partition coefficient (Wildman–Crippen LogP) is 7.89. The molecule has 0 bridgehead atoms. The summed E-state index contributed by atoms with van der Waals surface area (Å²) in [6.07, 6.45) is 1.61. The molecule has 256 valence electrons. The van der Waals surface area contributed by atoms with Gasteiger partial charge in [0, 0.05) is 44.3 Å². The van der Waals surface area contributed by atoms with Gasteiger partial charge in [0.15, 0.2) is 17.5 Å². The number of nitrogens with two attached hydrogens (primary N) is 1. The van der Waals surface area contributed by atoms with E-state index in [1.165, 1.54) is 10.6 Å². The fourth-order valence-electron chi connectivity index (χ4n) is 6.39. The average Bonchev–Trinajstić information content (AvgIpc) is 3.11. The Morgan fingerprint density at radius 3 is 2.36 bits per heavy atom. The van der Waals surface area contributed by atoms with Crippen molar-refractivity contribution in [1.82, 2.24) is 19.4 Å². The maximum absolute atomic E-state index is 15.4. The van der Waals surface area contributed by atoms with E-state index in [2.05, 4.69) is 27.5 Å². The largest absolute Gasteiger partial charge is 0.395 e. The van der Waals surface area contributed by atoms with Gasteiger partial charge in [-0.1, -0.05) is 74.0 Å². The van der Waals surface area contributed by atoms with Crippen LogP contribution in [0.5, 0.6) is 0 Å². The summed E-state index contributed by atoms with van der Waals surface area (Å²) in [7, 11) is 0. The number of nitrogen functional groups attached to an aromatic ring is 1. The molecule has 5 aromatic rings. The summed E-state index contributed by atoms with van der Waals surface area (Å²) >= 11 is 13.1. The summed E-state index contributed by atoms with van der Waals surface area (Å²) in [6.45, 7) is 12.5. The first-order valence-corrected chi connectivity index (χ1v) is 16.6. The van der Waals surface area contributed by atoms with Crippen molar-refractivity contribution in [3.8, 4) is 23.0 Å². The molecule has 6 rings (SSSR count). The predicted molar refractivity (Wildman–Crippen MR) is 193 cm³/mol. The number of pyridine rings is 3. The number of benzene rings is 2. The highest BCUT2D eigenvalue weighted by Crippen LogP contribution is 2.43. The molecular weight excluding hydrogens is 686 g/mol. The van der Waals surface area contributed by atoms with Crippen LogP contribution in [0.25, 0.3) is 33.6 Å². The smallest absolute Gasteiger partial charge is 0.276 e. The molecule has 50 heavy (non-hydrogen) atoms. The number of nitrogens with zero attached hydrogens (tertiary/aromatic N) is 6. The van der Waals surface area contributed by atoms with Gasteiger partial charge >= 0.3 is 0 Å². The van der Waals surface area contributed by atoms with Crippen LogP contribution in [0.15, 0.2) is 60.0 Å². The zero-order valence-corrected chi connectivity index (χ0v) is 29.0. The van der Waals surface area contributed by atoms with Crippen LogP contribution in [0.2, 0.25) is 10.0 Å². The van der Waals surface area contributed by atoms with E-state index in [9.17, 15) is 18.8 Å². The fourth-order valence-corrected chi connectivity index (χ4v) is 6.89. The number of halogens is 5. The van der Waals surface area contributed by atoms with Crippen LogP contribution in [0, 0.1) is 35.7 Å². The van der Waals surface area contributed by atoms with Gasteiger partial charge in [0.1, 0.15) is 17.3 Å². The van der Waals surface area contributed by atoms with E-state index in [1.807, 2.05) is 49.1 Å². The molecule has 1 saturated heterocycles. The molecule has 0 radical (unpaired) electrons. The molecule has 8 nitrogen and oxygen atoms in total. The molecular formula is C37H32Cl2F3N7O. The molecule has 2 N–H and O–H groups in total. The molecule has 2 aromatic carbocycles. The van der Waals surface area contributed by atoms with Crippen molar-refractivity contribution in [3.05, 3.63) is 115 Å². The van der Waals surface area contributed by atoms with Gasteiger partial charge in [-0.15, -0.1) is 0 Å². The van der Waals surface area contributed by atoms with Gasteiger partial charge in [-0.05, 0) is 41.7 Å². The van der Waals surface area contributed by atoms with Gasteiger partial charge in [-0.25, -0.2) is 18.2 Å². The van der Waals surface area contributed by atoms with E-state index in [1.54, 1.807) is 19.2 Å². The molecule has 0 unspecified atom stereocenters. The van der Waals surface area contributed by atoms with Crippen LogP contribution < -0.4 is 16.2 Å². The van der Waals surface area contributed by atoms with Crippen LogP contribution in [0.4, 0.5) is 24.5 Å². The third kappa shape index (κ3) is 5.98. The van der Waals surface area contributed by atoms with Crippen molar-refractivity contribution in [2.45, 2.75) is 26.7 Å². The lowest BCUT2D eigenvalue weighted by Crippen LogP contribution is -2.47. The number of aromatic nitrogens is 3. The third-order valence-electron chi connectivity index (χ3n) is 8.93. The lowest BCUT2D eigenvalue weighted by molar-refractivity contribution is 0.288. The minimum absolute atomic E-state index is 0.0138. The van der Waals surface area contributed by atoms with E-state index >= 15 is 4.39 Å². The molecule has 1 fully saturated rings. The van der Waals surface area contributed by atoms with Crippen LogP contribution in [-0.2, 0) is 0 Å². The lowest BCUT2D eigenvalue weighted by atomic mass is 10.0. The minimum Gasteiger partial charge on any atom is -0.395 e. The van der Waals surface area contributed by atoms with Gasteiger partial charge in [0.25, 0.3) is 5.56 Å². The quantitative estimate of drug-likeness (QED) is 0.104. The summed E-state index contributed by atoms with van der Waals surface area (Å²) in [6, 6.07) is 15.1. The van der Waals surface area contributed by atoms with Crippen molar-refractivity contribution >= 4 is 51.2 Å². The highest BCUT2D eigenvalue weighted by Gasteiger charge is 2.31. The Hall–Kier alpha value is -4.89. The topological polar surface area (TPSA) is 104 Å². The van der Waals surface area contributed by atoms with E-state index in [0.717, 1.165) is 11.1 Å². The van der Waals surface area contributed by atoms with Crippen LogP contribution in [0.1, 0.15) is 42.1 Å². The summed E-state index contributed by atoms with van der Waals surface area (Å²) in [5.41, 5.74) is 6.86. The van der Waals surface area contributed by atoms with E-state index in [-0.39, 0.29) is 27.8 Å². The monoisotopic (exact) mass is 717 g/mol. The van der Waals surface area contributed by atoms with Gasteiger partial charge in [0.2, 0.25) is 0 Å². The first kappa shape index (κ1) is 35.0. The zero-order chi connectivity index (χ0) is 36.0. The lowest BCUT2D eigenvalue weighted by Gasteiger charge is -2.37. The number of hydrogen-bond donors (Lipinski definition) is 1. The molecule has 0 saturated carbocycles. The molecule has 0 amide bonds. The molecule has 1 aliphatic heterocycles. The van der Waals surface area contributed by atoms with Gasteiger partial charge in [-0.3, -0.25) is 19.2 Å². The molecule has 1 aliphatic rings. The number of nitriles is 1. The number of rotatable bonds is 7. The second-order valence-corrected chi connectivity index (χ2v) is 13.2. The molecule has 3 aromatic heterocycles. The van der Waals surface area contributed by atoms with Crippen LogP contribution in [-0.4, -0.2) is 52.2 Å². The van der Waals surface area contributed by atoms with Gasteiger partial charge in [-0.2, -0.15) is 5.26 Å². The minimum atomic E-state index is -1.85. The van der Waals surface area contributed by atoms with Crippen LogP contribution >= 0.6 is 23.2 Å². The van der Waals surface area contributed by atoms with Crippen LogP contribution in [0.3, 0.4) is 0 Å². The Labute approximate surface area is 296 Å². The fraction of sp³-hybridized carbons (Fsp3) is 0.243. The number of hydrogen-bond acceptors (Lipinski definition) is 7. The normalized spacial score (nSPS) is 13.6. The highest BCUT2D eigenvalue weighted by atomic mass is 35.5. The summed E-state index contributed by atoms with van der Waals surface area (Å²) in [4.78, 5) is 27.9. The summed E-state index contributed by atoms with van der Waals surface area (Å²) in [5.74, 6) is -5.31. The molecule has 13 heteroatoms. The molecule has 0 spiro atoms. The summed E-state index contributed by atoms with van der Waals surface area (Å²) in [5, 5.41) is 10.0. The van der Waals surface area contributed by atoms with Crippen molar-refractivity contribution in [2.75, 3.05) is 43.4 Å². The Kier molecular flexibility index (Phi) is 9.64. The second kappa shape index (κ2) is 13.8. The Bertz CT molecular complexity index is 2250. The Morgan fingerprint density at radius 2 is 1.72 bits per heavy atom. The SMILES string of the molecule is C=C(CN1CCN(c2c(C#N)c(=O)n(-c3c(C)ccnc3C(C)C)c3nc(-c4c(F)c(F)c(F)c(N)c4Cl)c(Cl)cc23)CC1)c1ccccc1. The van der Waals surface area contributed by atoms with Crippen molar-refractivity contribution in [1.29, 1.82) is 5.26 Å². The Morgan fingerprint density at radius 1 is 1.04 bits per heavy atom. The maximum atomic E-state index is 15.4. The zero-order valence-electron chi connectivity index (χ0n) is 27.5. The van der Waals surface area contributed by atoms with Gasteiger partial charge in [0.05, 0.1) is 44.1 Å². The Balaban J connectivity index is 1.58. The first-order valence-electron chi connectivity index (χ1n) is 15.8. The number of piperazine rings is 1. The van der Waals surface area contributed by atoms with E-state index in [4.69, 9.17) is 28.9 Å². The van der Waals surface area contributed by atoms with E-state index in [0.29, 0.717) is 60.7 Å². The third-order valence-corrected chi connectivity index (χ3v) is 9.61. The summed E-state index contributed by atoms with van der Waals surface area (Å²) < 4.78 is 45.7. The molecule has 4 heterocycles. The first-order chi connectivity index (χ1) is 23.8. The highest BCUT2D eigenvalue weighted by molar-refractivity contribution is 6.38. The van der Waals surface area contributed by atoms with Crippen molar-refractivity contribution in [3.63, 3.8) is 0 Å². The maximum Gasteiger partial charge on any atom is 0.276 e. The number of fused-ring (bicyclic) bond motifs is 1. The standard InChI is InChI=1S/C37H32Cl2F3N7O/c1-19(2)32-34(20(3)10-11-45-32)49-36-23(16-25(38)33(46-36)26-27(39)31(44)30(42)29(41)28(26)40)35(24(17-43)37(49)50)48-14-12-47(13-15-48)18-21(4)22-8-6-5-7-9-22/h5-11,16,19H,4,12-15,18,44H2,1-3H3. The van der Waals surface area contributed by atoms with Crippen molar-refractivity contribution in [2.24, 2.45) is 0 Å². The average molecular weight is 719 g/mol. The van der Waals surface area contributed by atoms with E-state index < -0.39 is 39.3 Å². The number of aryl methyl sites for hydroxylation is 1. The van der Waals surface area contributed by atoms with Gasteiger partial charge < -0.3 is 10.6 Å². The second-order valence-electron chi connectivity index (χ2n) is 12.5. The number of anilines is 2. The van der Waals surface area contributed by atoms with Crippen molar-refractivity contribution < 1.29 is 13.2 Å².